The standard InChI is InChI=1S/C32H46N3O9PSSi/c1-31(2,3)47(7,8)44-29(23-11-18-28(36)27(19-23)35-46(6,41)42)20-33-32(4,24-12-16-26(43-5)17-13-24)30(37)34-25-14-9-22(10-15-25)21-45(38,39)40/h9-19,29,33,35-36H,20-21H2,1-8H3,(H,34,37)(H2,38,39,40)/t29-,32-/m0/s1. The molecule has 15 heteroatoms. The Morgan fingerprint density at radius 3 is 2.09 bits per heavy atom. The molecule has 0 radical (unpaired) electrons. The van der Waals surface area contributed by atoms with Gasteiger partial charge in [0.15, 0.2) is 8.32 Å². The number of methoxy groups -OCH3 is 1. The van der Waals surface area contributed by atoms with Crippen LogP contribution in [0.5, 0.6) is 11.5 Å². The Morgan fingerprint density at radius 1 is 0.979 bits per heavy atom. The average Bonchev–Trinajstić information content (AvgIpc) is 2.95. The van der Waals surface area contributed by atoms with Gasteiger partial charge in [0.2, 0.25) is 15.9 Å². The third kappa shape index (κ3) is 10.6. The summed E-state index contributed by atoms with van der Waals surface area (Å²) in [5, 5.41) is 16.5. The number of carbonyl (C=O) groups excluding carboxylic acids is 1. The minimum atomic E-state index is -4.25. The van der Waals surface area contributed by atoms with E-state index in [9.17, 15) is 32.7 Å². The SMILES string of the molecule is COc1ccc([C@](C)(NC[C@H](O[Si](C)(C)C(C)(C)C)c2ccc(O)c(NS(C)(=O)=O)c2)C(=O)Nc2ccc(CP(=O)(O)O)cc2)cc1. The molecule has 0 fully saturated rings. The minimum absolute atomic E-state index is 0.00619. The number of ether oxygens (including phenoxy) is 1. The summed E-state index contributed by atoms with van der Waals surface area (Å²) < 4.78 is 49.9. The van der Waals surface area contributed by atoms with Gasteiger partial charge in [0.25, 0.3) is 0 Å². The molecular weight excluding hydrogens is 661 g/mol. The number of hydrogen-bond acceptors (Lipinski definition) is 8. The van der Waals surface area contributed by atoms with Crippen molar-refractivity contribution >= 4 is 43.2 Å². The number of nitrogens with one attached hydrogen (secondary N) is 3. The molecule has 0 aliphatic rings. The van der Waals surface area contributed by atoms with E-state index in [1.807, 2.05) is 0 Å². The summed E-state index contributed by atoms with van der Waals surface area (Å²) in [7, 11) is -8.84. The molecule has 3 rings (SSSR count). The normalized spacial score (nSPS) is 14.6. The molecular formula is C32H46N3O9PSSi. The second-order valence-electron chi connectivity index (χ2n) is 13.2. The fourth-order valence-corrected chi connectivity index (χ4v) is 7.05. The zero-order chi connectivity index (χ0) is 35.4. The maximum absolute atomic E-state index is 14.1. The molecule has 6 N–H and O–H groups in total. The van der Waals surface area contributed by atoms with Crippen LogP contribution in [-0.4, -0.2) is 57.4 Å². The molecule has 47 heavy (non-hydrogen) atoms. The van der Waals surface area contributed by atoms with Crippen LogP contribution in [-0.2, 0) is 35.5 Å². The van der Waals surface area contributed by atoms with Gasteiger partial charge in [0.05, 0.1) is 31.3 Å². The molecule has 3 aromatic rings. The lowest BCUT2D eigenvalue weighted by atomic mass is 9.90. The molecule has 0 saturated heterocycles. The highest BCUT2D eigenvalue weighted by Crippen LogP contribution is 2.41. The smallest absolute Gasteiger partial charge is 0.329 e. The lowest BCUT2D eigenvalue weighted by Gasteiger charge is -2.40. The van der Waals surface area contributed by atoms with Gasteiger partial charge in [-0.1, -0.05) is 51.1 Å². The quantitative estimate of drug-likeness (QED) is 0.0695. The van der Waals surface area contributed by atoms with E-state index in [-0.39, 0.29) is 23.0 Å². The number of carbonyl (C=O) groups is 1. The molecule has 0 saturated carbocycles. The summed E-state index contributed by atoms with van der Waals surface area (Å²) in [6.07, 6.45) is -0.0800. The second kappa shape index (κ2) is 14.5. The Balaban J connectivity index is 2.03. The Bertz CT molecular complexity index is 1710. The summed E-state index contributed by atoms with van der Waals surface area (Å²) in [6.45, 7) is 12.3. The van der Waals surface area contributed by atoms with Crippen LogP contribution < -0.4 is 20.1 Å². The molecule has 1 amide bonds. The van der Waals surface area contributed by atoms with Crippen molar-refractivity contribution in [3.63, 3.8) is 0 Å². The van der Waals surface area contributed by atoms with E-state index >= 15 is 0 Å². The average molecular weight is 708 g/mol. The molecule has 0 aromatic heterocycles. The maximum atomic E-state index is 14.1. The fraction of sp³-hybridized carbons (Fsp3) is 0.406. The maximum Gasteiger partial charge on any atom is 0.329 e. The van der Waals surface area contributed by atoms with Crippen LogP contribution in [0.3, 0.4) is 0 Å². The zero-order valence-electron chi connectivity index (χ0n) is 28.0. The van der Waals surface area contributed by atoms with Gasteiger partial charge in [0, 0.05) is 12.2 Å². The Labute approximate surface area is 278 Å². The van der Waals surface area contributed by atoms with E-state index in [1.54, 1.807) is 68.6 Å². The van der Waals surface area contributed by atoms with E-state index in [0.717, 1.165) is 6.26 Å². The molecule has 0 aliphatic heterocycles. The molecule has 3 aromatic carbocycles. The number of anilines is 2. The van der Waals surface area contributed by atoms with E-state index in [1.165, 1.54) is 12.1 Å². The van der Waals surface area contributed by atoms with Crippen molar-refractivity contribution in [2.75, 3.05) is 29.9 Å². The third-order valence-electron chi connectivity index (χ3n) is 8.29. The van der Waals surface area contributed by atoms with Crippen molar-refractivity contribution in [2.24, 2.45) is 0 Å². The van der Waals surface area contributed by atoms with Gasteiger partial charge in [-0.25, -0.2) is 8.42 Å². The number of phenols is 1. The largest absolute Gasteiger partial charge is 0.506 e. The van der Waals surface area contributed by atoms with E-state index in [0.29, 0.717) is 28.1 Å². The monoisotopic (exact) mass is 707 g/mol. The molecule has 0 unspecified atom stereocenters. The zero-order valence-corrected chi connectivity index (χ0v) is 30.7. The van der Waals surface area contributed by atoms with Crippen LogP contribution in [0.2, 0.25) is 18.1 Å². The van der Waals surface area contributed by atoms with Crippen molar-refractivity contribution in [1.29, 1.82) is 0 Å². The van der Waals surface area contributed by atoms with Gasteiger partial charge in [-0.2, -0.15) is 0 Å². The molecule has 12 nitrogen and oxygen atoms in total. The van der Waals surface area contributed by atoms with Gasteiger partial charge < -0.3 is 29.4 Å². The number of rotatable bonds is 14. The van der Waals surface area contributed by atoms with Crippen molar-refractivity contribution in [3.05, 3.63) is 83.4 Å². The van der Waals surface area contributed by atoms with E-state index in [4.69, 9.17) is 9.16 Å². The van der Waals surface area contributed by atoms with Gasteiger partial charge in [0.1, 0.15) is 17.0 Å². The van der Waals surface area contributed by atoms with Crippen molar-refractivity contribution in [1.82, 2.24) is 5.32 Å². The minimum Gasteiger partial charge on any atom is -0.506 e. The number of benzene rings is 3. The molecule has 0 heterocycles. The lowest BCUT2D eigenvalue weighted by Crippen LogP contribution is -2.52. The molecule has 0 spiro atoms. The number of phenolic OH excluding ortho intramolecular Hbond substituents is 1. The predicted octanol–water partition coefficient (Wildman–Crippen LogP) is 5.66. The van der Waals surface area contributed by atoms with Gasteiger partial charge in [-0.05, 0) is 78.1 Å². The van der Waals surface area contributed by atoms with Crippen LogP contribution >= 0.6 is 7.60 Å². The Hall–Kier alpha value is -3.23. The van der Waals surface area contributed by atoms with Crippen molar-refractivity contribution < 1.29 is 41.8 Å². The van der Waals surface area contributed by atoms with Crippen molar-refractivity contribution in [3.8, 4) is 11.5 Å². The van der Waals surface area contributed by atoms with Crippen LogP contribution in [0.15, 0.2) is 66.7 Å². The topological polar surface area (TPSA) is 184 Å². The summed E-state index contributed by atoms with van der Waals surface area (Å²) >= 11 is 0. The Morgan fingerprint density at radius 2 is 1.57 bits per heavy atom. The summed E-state index contributed by atoms with van der Waals surface area (Å²) in [5.74, 6) is -0.0552. The Kier molecular flexibility index (Phi) is 11.8. The highest BCUT2D eigenvalue weighted by molar-refractivity contribution is 7.92. The van der Waals surface area contributed by atoms with Crippen LogP contribution in [0, 0.1) is 0 Å². The first-order chi connectivity index (χ1) is 21.5. The molecule has 0 aliphatic carbocycles. The van der Waals surface area contributed by atoms with Gasteiger partial charge >= 0.3 is 7.60 Å². The first kappa shape index (κ1) is 38.2. The first-order valence-electron chi connectivity index (χ1n) is 14.9. The van der Waals surface area contributed by atoms with Gasteiger partial charge in [-0.3, -0.25) is 19.4 Å². The molecule has 2 atom stereocenters. The molecule has 0 bridgehead atoms. The predicted molar refractivity (Wildman–Crippen MR) is 187 cm³/mol. The summed E-state index contributed by atoms with van der Waals surface area (Å²) in [6, 6.07) is 17.9. The van der Waals surface area contributed by atoms with Crippen LogP contribution in [0.1, 0.15) is 50.5 Å². The number of amides is 1. The number of hydrogen-bond donors (Lipinski definition) is 6. The lowest BCUT2D eigenvalue weighted by molar-refractivity contribution is -0.122. The number of aromatic hydroxyl groups is 1. The highest BCUT2D eigenvalue weighted by atomic mass is 32.2. The molecule has 258 valence electrons. The van der Waals surface area contributed by atoms with E-state index < -0.39 is 49.6 Å². The van der Waals surface area contributed by atoms with Gasteiger partial charge in [-0.15, -0.1) is 0 Å². The number of sulfonamides is 1. The third-order valence-corrected chi connectivity index (χ3v) is 14.1. The second-order valence-corrected chi connectivity index (χ2v) is 21.4. The van der Waals surface area contributed by atoms with Crippen LogP contribution in [0.25, 0.3) is 0 Å². The fourth-order valence-electron chi connectivity index (χ4n) is 4.52. The first-order valence-corrected chi connectivity index (χ1v) is 21.5. The van der Waals surface area contributed by atoms with E-state index in [2.05, 4.69) is 49.2 Å². The van der Waals surface area contributed by atoms with Crippen molar-refractivity contribution in [2.45, 2.75) is 63.6 Å². The summed E-state index contributed by atoms with van der Waals surface area (Å²) in [5.41, 5.74) is 0.726. The van der Waals surface area contributed by atoms with Crippen LogP contribution in [0.4, 0.5) is 11.4 Å². The highest BCUT2D eigenvalue weighted by Gasteiger charge is 2.41. The summed E-state index contributed by atoms with van der Waals surface area (Å²) in [4.78, 5) is 32.7.